The van der Waals surface area contributed by atoms with Crippen molar-refractivity contribution in [2.75, 3.05) is 0 Å². The number of halogens is 18. The summed E-state index contributed by atoms with van der Waals surface area (Å²) < 4.78 is 225. The average Bonchev–Trinajstić information content (AvgIpc) is 2.56. The van der Waals surface area contributed by atoms with Crippen LogP contribution in [0.2, 0.25) is 0 Å². The summed E-state index contributed by atoms with van der Waals surface area (Å²) in [7, 11) is 0. The molecule has 1 aliphatic rings. The Labute approximate surface area is 159 Å². The van der Waals surface area contributed by atoms with E-state index in [1.165, 1.54) is 0 Å². The van der Waals surface area contributed by atoms with Crippen LogP contribution in [0.15, 0.2) is 0 Å². The minimum absolute atomic E-state index is 0. The minimum Gasteiger partial charge on any atom is -0.286 e. The molecule has 0 N–H and O–H groups in total. The van der Waals surface area contributed by atoms with Gasteiger partial charge in [0.15, 0.2) is 6.17 Å². The molecule has 180 valence electrons. The normalized spacial score (nSPS) is 36.2. The minimum atomic E-state index is -8.45. The molecule has 0 aromatic rings. The van der Waals surface area contributed by atoms with Crippen LogP contribution in [-0.4, -0.2) is 65.8 Å². The van der Waals surface area contributed by atoms with E-state index >= 15 is 0 Å². The van der Waals surface area contributed by atoms with E-state index in [1.54, 1.807) is 0 Å². The molecule has 0 aromatic heterocycles. The zero-order chi connectivity index (χ0) is 23.8. The third kappa shape index (κ3) is 3.10. The van der Waals surface area contributed by atoms with E-state index < -0.39 is 65.8 Å². The van der Waals surface area contributed by atoms with E-state index in [0.717, 1.165) is 0 Å². The van der Waals surface area contributed by atoms with Gasteiger partial charge in [-0.15, -0.1) is 12.4 Å². The summed E-state index contributed by atoms with van der Waals surface area (Å²) in [4.78, 5) is 10.8. The molecule has 30 heavy (non-hydrogen) atoms. The van der Waals surface area contributed by atoms with Crippen molar-refractivity contribution in [3.05, 3.63) is 0 Å². The van der Waals surface area contributed by atoms with Gasteiger partial charge in [-0.25, -0.2) is 13.2 Å². The molecule has 1 saturated carbocycles. The lowest BCUT2D eigenvalue weighted by Crippen LogP contribution is -2.73. The highest BCUT2D eigenvalue weighted by Crippen LogP contribution is 2.62. The number of carbonyl (C=O) groups excluding carboxylic acids is 1. The van der Waals surface area contributed by atoms with Gasteiger partial charge in [0.25, 0.3) is 5.78 Å². The Morgan fingerprint density at radius 3 is 1.23 bits per heavy atom. The maximum atomic E-state index is 13.2. The number of hydrogen-bond donors (Lipinski definition) is 0. The first-order valence-electron chi connectivity index (χ1n) is 6.50. The largest absolute Gasteiger partial charge is 0.386 e. The standard InChI is InChI=1S/C11H3F17O.ClH/c12-1-2(13)5(15,16)4(29)7(19,20)9(23,24)11(27,28)10(25,26)8(21,22)6(17,18)3(1)14;/h1-3H;1H. The molecule has 19 heteroatoms. The van der Waals surface area contributed by atoms with Gasteiger partial charge in [0, 0.05) is 0 Å². The Morgan fingerprint density at radius 2 is 0.867 bits per heavy atom. The Morgan fingerprint density at radius 1 is 0.533 bits per heavy atom. The smallest absolute Gasteiger partial charge is 0.286 e. The van der Waals surface area contributed by atoms with Crippen molar-refractivity contribution in [1.29, 1.82) is 0 Å². The summed E-state index contributed by atoms with van der Waals surface area (Å²) in [5, 5.41) is 0. The summed E-state index contributed by atoms with van der Waals surface area (Å²) >= 11 is 0. The van der Waals surface area contributed by atoms with E-state index in [1.807, 2.05) is 0 Å². The molecule has 3 atom stereocenters. The van der Waals surface area contributed by atoms with Crippen molar-refractivity contribution in [2.45, 2.75) is 60.0 Å². The molecule has 0 amide bonds. The van der Waals surface area contributed by atoms with Crippen molar-refractivity contribution in [3.63, 3.8) is 0 Å². The van der Waals surface area contributed by atoms with E-state index in [0.29, 0.717) is 0 Å². The third-order valence-electron chi connectivity index (χ3n) is 3.84. The number of carbonyl (C=O) groups is 1. The molecule has 0 bridgehead atoms. The predicted octanol–water partition coefficient (Wildman–Crippen LogP) is 5.45. The van der Waals surface area contributed by atoms with E-state index in [9.17, 15) is 79.4 Å². The number of hydrogen-bond acceptors (Lipinski definition) is 1. The first kappa shape index (κ1) is 28.8. The fraction of sp³-hybridized carbons (Fsp3) is 0.909. The molecule has 3 unspecified atom stereocenters. The van der Waals surface area contributed by atoms with Crippen LogP contribution in [-0.2, 0) is 4.79 Å². The monoisotopic (exact) mass is 510 g/mol. The Bertz CT molecular complexity index is 673. The van der Waals surface area contributed by atoms with Crippen molar-refractivity contribution in [3.8, 4) is 0 Å². The quantitative estimate of drug-likeness (QED) is 0.396. The molecule has 0 saturated heterocycles. The van der Waals surface area contributed by atoms with Gasteiger partial charge in [-0.05, 0) is 0 Å². The highest BCUT2D eigenvalue weighted by Gasteiger charge is 2.93. The summed E-state index contributed by atoms with van der Waals surface area (Å²) in [6.45, 7) is 0. The molecule has 1 aliphatic carbocycles. The highest BCUT2D eigenvalue weighted by atomic mass is 35.5. The van der Waals surface area contributed by atoms with Crippen molar-refractivity contribution in [1.82, 2.24) is 0 Å². The maximum absolute atomic E-state index is 13.2. The fourth-order valence-corrected chi connectivity index (χ4v) is 2.00. The van der Waals surface area contributed by atoms with Crippen LogP contribution in [0.25, 0.3) is 0 Å². The maximum Gasteiger partial charge on any atom is 0.386 e. The highest BCUT2D eigenvalue weighted by molar-refractivity contribution is 5.93. The lowest BCUT2D eigenvalue weighted by molar-refractivity contribution is -0.425. The van der Waals surface area contributed by atoms with Crippen LogP contribution in [0, 0.1) is 0 Å². The Hall–Kier alpha value is -1.23. The predicted molar refractivity (Wildman–Crippen MR) is 61.6 cm³/mol. The second kappa shape index (κ2) is 7.15. The molecule has 1 nitrogen and oxygen atoms in total. The van der Waals surface area contributed by atoms with Gasteiger partial charge < -0.3 is 0 Å². The molecular weight excluding hydrogens is 507 g/mol. The zero-order valence-corrected chi connectivity index (χ0v) is 13.8. The molecule has 1 rings (SSSR count). The first-order chi connectivity index (χ1) is 12.4. The van der Waals surface area contributed by atoms with Gasteiger partial charge in [-0.1, -0.05) is 0 Å². The lowest BCUT2D eigenvalue weighted by Gasteiger charge is -2.41. The molecule has 0 aromatic carbocycles. The van der Waals surface area contributed by atoms with Crippen molar-refractivity contribution in [2.24, 2.45) is 0 Å². The zero-order valence-electron chi connectivity index (χ0n) is 13.0. The van der Waals surface area contributed by atoms with E-state index in [-0.39, 0.29) is 12.4 Å². The third-order valence-corrected chi connectivity index (χ3v) is 3.84. The van der Waals surface area contributed by atoms with Crippen LogP contribution in [0.1, 0.15) is 0 Å². The molecular formula is C11H4ClF17O. The van der Waals surface area contributed by atoms with Gasteiger partial charge >= 0.3 is 41.5 Å². The first-order valence-corrected chi connectivity index (χ1v) is 6.50. The lowest BCUT2D eigenvalue weighted by atomic mass is 9.89. The van der Waals surface area contributed by atoms with Crippen LogP contribution in [0.3, 0.4) is 0 Å². The summed E-state index contributed by atoms with van der Waals surface area (Å²) in [5.74, 6) is -61.0. The van der Waals surface area contributed by atoms with Gasteiger partial charge in [-0.3, -0.25) is 4.79 Å². The molecule has 1 fully saturated rings. The molecule has 0 radical (unpaired) electrons. The van der Waals surface area contributed by atoms with Gasteiger partial charge in [-0.2, -0.15) is 61.5 Å². The summed E-state index contributed by atoms with van der Waals surface area (Å²) in [5.41, 5.74) is 0. The number of ketones is 1. The molecule has 0 aliphatic heterocycles. The second-order valence-electron chi connectivity index (χ2n) is 5.69. The van der Waals surface area contributed by atoms with Crippen molar-refractivity contribution >= 4 is 18.2 Å². The number of rotatable bonds is 0. The number of alkyl halides is 17. The number of Topliss-reactive ketones (excluding diaryl/α,β-unsaturated/α-hetero) is 1. The van der Waals surface area contributed by atoms with Crippen molar-refractivity contribution < 1.29 is 79.4 Å². The Balaban J connectivity index is 0.00000841. The van der Waals surface area contributed by atoms with Crippen LogP contribution in [0.5, 0.6) is 0 Å². The fourth-order valence-electron chi connectivity index (χ4n) is 2.00. The summed E-state index contributed by atoms with van der Waals surface area (Å²) in [6.07, 6.45) is -17.1. The van der Waals surface area contributed by atoms with Gasteiger partial charge in [0.05, 0.1) is 0 Å². The van der Waals surface area contributed by atoms with Crippen LogP contribution < -0.4 is 0 Å². The average molecular weight is 511 g/mol. The molecule has 0 spiro atoms. The topological polar surface area (TPSA) is 17.1 Å². The van der Waals surface area contributed by atoms with Crippen LogP contribution in [0.4, 0.5) is 74.6 Å². The van der Waals surface area contributed by atoms with Gasteiger partial charge in [0.2, 0.25) is 12.3 Å². The second-order valence-corrected chi connectivity index (χ2v) is 5.69. The van der Waals surface area contributed by atoms with E-state index in [2.05, 4.69) is 0 Å². The molecule has 0 heterocycles. The SMILES string of the molecule is Cl.O=C1C(F)(F)C(F)C(F)C(F)C(F)(F)C(F)(F)C(F)(F)C(F)(F)C(F)(F)C1(F)F. The Kier molecular flexibility index (Phi) is 6.85. The van der Waals surface area contributed by atoms with Crippen LogP contribution >= 0.6 is 12.4 Å². The summed E-state index contributed by atoms with van der Waals surface area (Å²) in [6, 6.07) is 0. The van der Waals surface area contributed by atoms with Gasteiger partial charge in [0.1, 0.15) is 0 Å². The van der Waals surface area contributed by atoms with E-state index in [4.69, 9.17) is 0 Å².